The van der Waals surface area contributed by atoms with E-state index in [-0.39, 0.29) is 6.04 Å². The molecular weight excluding hydrogens is 336 g/mol. The summed E-state index contributed by atoms with van der Waals surface area (Å²) in [6.45, 7) is 2.74. The third-order valence-electron chi connectivity index (χ3n) is 3.45. The van der Waals surface area contributed by atoms with Crippen LogP contribution in [0.3, 0.4) is 0 Å². The molecule has 2 aromatic rings. The molecule has 106 valence electrons. The van der Waals surface area contributed by atoms with Crippen molar-refractivity contribution in [3.63, 3.8) is 0 Å². The van der Waals surface area contributed by atoms with Gasteiger partial charge in [0.1, 0.15) is 0 Å². The summed E-state index contributed by atoms with van der Waals surface area (Å²) in [5.41, 5.74) is 8.18. The van der Waals surface area contributed by atoms with Crippen LogP contribution in [0, 0.1) is 0 Å². The van der Waals surface area contributed by atoms with Gasteiger partial charge in [-0.05, 0) is 39.7 Å². The lowest BCUT2D eigenvalue weighted by Crippen LogP contribution is -2.33. The van der Waals surface area contributed by atoms with Crippen molar-refractivity contribution in [3.8, 4) is 0 Å². The molecule has 0 saturated heterocycles. The second-order valence-electron chi connectivity index (χ2n) is 4.81. The number of anilines is 1. The van der Waals surface area contributed by atoms with Gasteiger partial charge in [-0.2, -0.15) is 0 Å². The van der Waals surface area contributed by atoms with E-state index in [2.05, 4.69) is 52.4 Å². The fourth-order valence-electron chi connectivity index (χ4n) is 2.18. The molecule has 20 heavy (non-hydrogen) atoms. The quantitative estimate of drug-likeness (QED) is 0.821. The van der Waals surface area contributed by atoms with Gasteiger partial charge in [-0.1, -0.05) is 48.9 Å². The smallest absolute Gasteiger partial charge is 0.0568 e. The van der Waals surface area contributed by atoms with Crippen molar-refractivity contribution in [1.29, 1.82) is 0 Å². The predicted molar refractivity (Wildman–Crippen MR) is 90.5 cm³/mol. The summed E-state index contributed by atoms with van der Waals surface area (Å²) in [6.07, 6.45) is 0. The lowest BCUT2D eigenvalue weighted by atomic mass is 9.93. The van der Waals surface area contributed by atoms with Crippen LogP contribution < -0.4 is 11.1 Å². The molecule has 0 heterocycles. The molecule has 2 rings (SSSR count). The van der Waals surface area contributed by atoms with Gasteiger partial charge in [0.2, 0.25) is 0 Å². The third kappa shape index (κ3) is 3.75. The van der Waals surface area contributed by atoms with Gasteiger partial charge in [0.25, 0.3) is 0 Å². The number of nitrogens with one attached hydrogen (secondary N) is 1. The maximum Gasteiger partial charge on any atom is 0.0568 e. The van der Waals surface area contributed by atoms with Gasteiger partial charge in [-0.15, -0.1) is 0 Å². The Bertz CT molecular complexity index is 560. The van der Waals surface area contributed by atoms with Crippen LogP contribution in [-0.4, -0.2) is 12.6 Å². The lowest BCUT2D eigenvalue weighted by Gasteiger charge is -2.25. The lowest BCUT2D eigenvalue weighted by molar-refractivity contribution is 0.611. The Balaban J connectivity index is 2.14. The third-order valence-corrected chi connectivity index (χ3v) is 4.69. The summed E-state index contributed by atoms with van der Waals surface area (Å²) >= 11 is 9.51. The van der Waals surface area contributed by atoms with Crippen LogP contribution in [0.15, 0.2) is 53.0 Å². The Labute approximate surface area is 133 Å². The monoisotopic (exact) mass is 352 g/mol. The largest absolute Gasteiger partial charge is 0.380 e. The van der Waals surface area contributed by atoms with E-state index in [9.17, 15) is 0 Å². The molecule has 0 aliphatic carbocycles. The Kier molecular flexibility index (Phi) is 5.46. The highest BCUT2D eigenvalue weighted by Gasteiger charge is 2.17. The number of hydrogen-bond donors (Lipinski definition) is 2. The number of halogens is 2. The molecule has 0 aliphatic rings. The fraction of sp³-hybridized carbons (Fsp3) is 0.250. The number of nitrogens with two attached hydrogens (primary N) is 1. The summed E-state index contributed by atoms with van der Waals surface area (Å²) in [6, 6.07) is 16.4. The van der Waals surface area contributed by atoms with Crippen molar-refractivity contribution in [1.82, 2.24) is 0 Å². The minimum atomic E-state index is 0.162. The summed E-state index contributed by atoms with van der Waals surface area (Å²) in [4.78, 5) is 0. The molecule has 0 spiro atoms. The standard InChI is InChI=1S/C16H18BrClN2/c1-11(12-5-3-2-4-6-12)16(10-19)20-13-7-8-14(17)15(18)9-13/h2-9,11,16,20H,10,19H2,1H3. The highest BCUT2D eigenvalue weighted by Crippen LogP contribution is 2.27. The van der Waals surface area contributed by atoms with Gasteiger partial charge in [-0.3, -0.25) is 0 Å². The number of benzene rings is 2. The molecule has 0 aromatic heterocycles. The molecule has 0 aliphatic heterocycles. The van der Waals surface area contributed by atoms with Crippen LogP contribution in [0.1, 0.15) is 18.4 Å². The van der Waals surface area contributed by atoms with Crippen molar-refractivity contribution in [2.45, 2.75) is 18.9 Å². The molecule has 2 unspecified atom stereocenters. The summed E-state index contributed by atoms with van der Waals surface area (Å²) in [5, 5.41) is 4.16. The molecule has 0 fully saturated rings. The van der Waals surface area contributed by atoms with Gasteiger partial charge in [-0.25, -0.2) is 0 Å². The first kappa shape index (κ1) is 15.4. The van der Waals surface area contributed by atoms with E-state index in [1.807, 2.05) is 24.3 Å². The van der Waals surface area contributed by atoms with Crippen molar-refractivity contribution in [2.24, 2.45) is 5.73 Å². The van der Waals surface area contributed by atoms with E-state index in [0.717, 1.165) is 10.2 Å². The Morgan fingerprint density at radius 3 is 2.50 bits per heavy atom. The second kappa shape index (κ2) is 7.11. The molecule has 0 saturated carbocycles. The second-order valence-corrected chi connectivity index (χ2v) is 6.08. The zero-order valence-corrected chi connectivity index (χ0v) is 13.7. The predicted octanol–water partition coefficient (Wildman–Crippen LogP) is 4.65. The SMILES string of the molecule is CC(c1ccccc1)C(CN)Nc1ccc(Br)c(Cl)c1. The molecule has 0 amide bonds. The zero-order chi connectivity index (χ0) is 14.5. The molecule has 2 aromatic carbocycles. The first-order chi connectivity index (χ1) is 9.61. The minimum Gasteiger partial charge on any atom is -0.380 e. The Morgan fingerprint density at radius 1 is 1.20 bits per heavy atom. The van der Waals surface area contributed by atoms with E-state index in [0.29, 0.717) is 17.5 Å². The highest BCUT2D eigenvalue weighted by atomic mass is 79.9. The van der Waals surface area contributed by atoms with Crippen LogP contribution >= 0.6 is 27.5 Å². The van der Waals surface area contributed by atoms with Gasteiger partial charge in [0.05, 0.1) is 5.02 Å². The van der Waals surface area contributed by atoms with E-state index in [4.69, 9.17) is 17.3 Å². The van der Waals surface area contributed by atoms with Gasteiger partial charge >= 0.3 is 0 Å². The molecule has 2 atom stereocenters. The molecule has 0 bridgehead atoms. The van der Waals surface area contributed by atoms with Crippen LogP contribution in [-0.2, 0) is 0 Å². The molecule has 3 N–H and O–H groups in total. The van der Waals surface area contributed by atoms with Crippen LogP contribution in [0.25, 0.3) is 0 Å². The molecule has 0 radical (unpaired) electrons. The molecular formula is C16H18BrClN2. The highest BCUT2D eigenvalue weighted by molar-refractivity contribution is 9.10. The van der Waals surface area contributed by atoms with Gasteiger partial charge in [0.15, 0.2) is 0 Å². The first-order valence-corrected chi connectivity index (χ1v) is 7.75. The van der Waals surface area contributed by atoms with E-state index >= 15 is 0 Å². The molecule has 4 heteroatoms. The zero-order valence-electron chi connectivity index (χ0n) is 11.3. The number of hydrogen-bond acceptors (Lipinski definition) is 2. The fourth-order valence-corrected chi connectivity index (χ4v) is 2.60. The normalized spacial score (nSPS) is 13.8. The topological polar surface area (TPSA) is 38.0 Å². The van der Waals surface area contributed by atoms with Crippen molar-refractivity contribution >= 4 is 33.2 Å². The summed E-state index contributed by atoms with van der Waals surface area (Å²) in [5.74, 6) is 0.323. The maximum atomic E-state index is 6.12. The Hall–Kier alpha value is -1.03. The van der Waals surface area contributed by atoms with E-state index in [1.165, 1.54) is 5.56 Å². The van der Waals surface area contributed by atoms with Gasteiger partial charge in [0, 0.05) is 28.7 Å². The van der Waals surface area contributed by atoms with E-state index in [1.54, 1.807) is 0 Å². The molecule has 2 nitrogen and oxygen atoms in total. The summed E-state index contributed by atoms with van der Waals surface area (Å²) in [7, 11) is 0. The van der Waals surface area contributed by atoms with Crippen LogP contribution in [0.5, 0.6) is 0 Å². The van der Waals surface area contributed by atoms with Crippen molar-refractivity contribution in [2.75, 3.05) is 11.9 Å². The average molecular weight is 354 g/mol. The minimum absolute atomic E-state index is 0.162. The number of rotatable bonds is 5. The maximum absolute atomic E-state index is 6.12. The average Bonchev–Trinajstić information content (AvgIpc) is 2.48. The summed E-state index contributed by atoms with van der Waals surface area (Å²) < 4.78 is 0.894. The Morgan fingerprint density at radius 2 is 1.90 bits per heavy atom. The van der Waals surface area contributed by atoms with Crippen LogP contribution in [0.2, 0.25) is 5.02 Å². The first-order valence-electron chi connectivity index (χ1n) is 6.58. The van der Waals surface area contributed by atoms with Gasteiger partial charge < -0.3 is 11.1 Å². The van der Waals surface area contributed by atoms with Crippen molar-refractivity contribution < 1.29 is 0 Å². The van der Waals surface area contributed by atoms with Crippen molar-refractivity contribution in [3.05, 3.63) is 63.6 Å². The van der Waals surface area contributed by atoms with Crippen LogP contribution in [0.4, 0.5) is 5.69 Å². The van der Waals surface area contributed by atoms with E-state index < -0.39 is 0 Å².